The quantitative estimate of drug-likeness (QED) is 0.288. The Morgan fingerprint density at radius 3 is 2.39 bits per heavy atom. The standard InChI is InChI=1S/C32H31N5O/c1-21-15-17-25(18-16-21)30-29-14-9-19-35(29)31-27(24(4)34-37(31)26-11-6-5-7-12-26)20-36(30)32(38)33-28-13-8-10-22(2)23(28)3/h5-19,30H,20H2,1-4H3,(H,33,38)/t30-/m0/s1. The Labute approximate surface area is 223 Å². The topological polar surface area (TPSA) is 55.1 Å². The van der Waals surface area contributed by atoms with Crippen molar-refractivity contribution in [3.8, 4) is 11.5 Å². The second kappa shape index (κ2) is 9.38. The molecule has 0 saturated carbocycles. The first-order chi connectivity index (χ1) is 18.4. The largest absolute Gasteiger partial charge is 0.322 e. The van der Waals surface area contributed by atoms with Crippen LogP contribution < -0.4 is 5.32 Å². The average Bonchev–Trinajstić information content (AvgIpc) is 3.48. The van der Waals surface area contributed by atoms with Crippen LogP contribution in [0.15, 0.2) is 91.1 Å². The van der Waals surface area contributed by atoms with Crippen molar-refractivity contribution in [3.05, 3.63) is 130 Å². The molecule has 3 heterocycles. The van der Waals surface area contributed by atoms with Crippen LogP contribution in [0, 0.1) is 27.7 Å². The van der Waals surface area contributed by atoms with Crippen LogP contribution in [0.5, 0.6) is 0 Å². The van der Waals surface area contributed by atoms with E-state index in [0.717, 1.165) is 50.8 Å². The molecular formula is C32H31N5O. The van der Waals surface area contributed by atoms with Gasteiger partial charge in [-0.05, 0) is 74.7 Å². The Morgan fingerprint density at radius 1 is 0.868 bits per heavy atom. The van der Waals surface area contributed by atoms with Gasteiger partial charge < -0.3 is 14.8 Å². The van der Waals surface area contributed by atoms with Gasteiger partial charge in [0, 0.05) is 17.4 Å². The number of hydrogen-bond acceptors (Lipinski definition) is 2. The molecule has 2 amide bonds. The number of anilines is 1. The van der Waals surface area contributed by atoms with Crippen molar-refractivity contribution in [2.75, 3.05) is 5.32 Å². The minimum absolute atomic E-state index is 0.142. The van der Waals surface area contributed by atoms with Crippen molar-refractivity contribution in [2.45, 2.75) is 40.3 Å². The zero-order chi connectivity index (χ0) is 26.4. The highest BCUT2D eigenvalue weighted by Gasteiger charge is 2.36. The lowest BCUT2D eigenvalue weighted by Gasteiger charge is -2.31. The number of urea groups is 1. The molecule has 0 aliphatic carbocycles. The molecule has 2 aromatic heterocycles. The Balaban J connectivity index is 1.54. The van der Waals surface area contributed by atoms with E-state index in [1.54, 1.807) is 0 Å². The maximum atomic E-state index is 14.1. The lowest BCUT2D eigenvalue weighted by atomic mass is 10.0. The number of carbonyl (C=O) groups is 1. The van der Waals surface area contributed by atoms with E-state index in [9.17, 15) is 4.79 Å². The Morgan fingerprint density at radius 2 is 1.63 bits per heavy atom. The minimum atomic E-state index is -0.285. The number of fused-ring (bicyclic) bond motifs is 3. The molecule has 6 nitrogen and oxygen atoms in total. The smallest absolute Gasteiger partial charge is 0.308 e. The predicted octanol–water partition coefficient (Wildman–Crippen LogP) is 7.03. The van der Waals surface area contributed by atoms with Crippen molar-refractivity contribution < 1.29 is 4.79 Å². The number of nitrogens with one attached hydrogen (secondary N) is 1. The van der Waals surface area contributed by atoms with Gasteiger partial charge in [0.15, 0.2) is 0 Å². The van der Waals surface area contributed by atoms with Crippen molar-refractivity contribution in [1.82, 2.24) is 19.2 Å². The van der Waals surface area contributed by atoms with E-state index in [4.69, 9.17) is 5.10 Å². The molecule has 1 atom stereocenters. The van der Waals surface area contributed by atoms with Gasteiger partial charge in [0.1, 0.15) is 5.82 Å². The van der Waals surface area contributed by atoms with Gasteiger partial charge in [-0.2, -0.15) is 5.10 Å². The molecular weight excluding hydrogens is 470 g/mol. The first-order valence-electron chi connectivity index (χ1n) is 12.9. The minimum Gasteiger partial charge on any atom is -0.308 e. The summed E-state index contributed by atoms with van der Waals surface area (Å²) in [5.41, 5.74) is 9.21. The number of aryl methyl sites for hydroxylation is 3. The van der Waals surface area contributed by atoms with Crippen molar-refractivity contribution in [1.29, 1.82) is 0 Å². The van der Waals surface area contributed by atoms with Crippen molar-refractivity contribution in [2.24, 2.45) is 0 Å². The van der Waals surface area contributed by atoms with Crippen molar-refractivity contribution in [3.63, 3.8) is 0 Å². The van der Waals surface area contributed by atoms with Gasteiger partial charge in [-0.25, -0.2) is 9.48 Å². The highest BCUT2D eigenvalue weighted by Crippen LogP contribution is 2.39. The molecule has 1 aliphatic rings. The predicted molar refractivity (Wildman–Crippen MR) is 151 cm³/mol. The van der Waals surface area contributed by atoms with Crippen LogP contribution in [-0.4, -0.2) is 25.3 Å². The van der Waals surface area contributed by atoms with Crippen LogP contribution in [0.2, 0.25) is 0 Å². The second-order valence-electron chi connectivity index (χ2n) is 10.1. The van der Waals surface area contributed by atoms with Crippen molar-refractivity contribution >= 4 is 11.7 Å². The summed E-state index contributed by atoms with van der Waals surface area (Å²) in [5, 5.41) is 8.15. The monoisotopic (exact) mass is 501 g/mol. The van der Waals surface area contributed by atoms with Gasteiger partial charge in [0.2, 0.25) is 0 Å². The molecule has 0 unspecified atom stereocenters. The van der Waals surface area contributed by atoms with Crippen LogP contribution in [-0.2, 0) is 6.54 Å². The van der Waals surface area contributed by atoms with Gasteiger partial charge in [-0.1, -0.05) is 60.2 Å². The molecule has 0 radical (unpaired) electrons. The number of carbonyl (C=O) groups excluding carboxylic acids is 1. The molecule has 1 aliphatic heterocycles. The molecule has 3 aromatic carbocycles. The first kappa shape index (κ1) is 23.8. The van der Waals surface area contributed by atoms with E-state index < -0.39 is 0 Å². The summed E-state index contributed by atoms with van der Waals surface area (Å²) in [6, 6.07) is 28.4. The normalized spacial score (nSPS) is 14.5. The molecule has 0 saturated heterocycles. The second-order valence-corrected chi connectivity index (χ2v) is 10.1. The van der Waals surface area contributed by atoms with E-state index in [1.807, 2.05) is 59.8 Å². The molecule has 0 spiro atoms. The van der Waals surface area contributed by atoms with E-state index in [-0.39, 0.29) is 12.1 Å². The Bertz CT molecular complexity index is 1630. The third-order valence-corrected chi connectivity index (χ3v) is 7.59. The molecule has 6 heteroatoms. The lowest BCUT2D eigenvalue weighted by Crippen LogP contribution is -2.38. The zero-order valence-corrected chi connectivity index (χ0v) is 22.1. The van der Waals surface area contributed by atoms with Gasteiger partial charge in [0.25, 0.3) is 0 Å². The van der Waals surface area contributed by atoms with Crippen LogP contribution in [0.1, 0.15) is 45.2 Å². The van der Waals surface area contributed by atoms with Gasteiger partial charge in [0.05, 0.1) is 29.7 Å². The fourth-order valence-electron chi connectivity index (χ4n) is 5.32. The fraction of sp³-hybridized carbons (Fsp3) is 0.188. The molecule has 0 bridgehead atoms. The van der Waals surface area contributed by atoms with Gasteiger partial charge in [-0.3, -0.25) is 0 Å². The zero-order valence-electron chi connectivity index (χ0n) is 22.1. The van der Waals surface area contributed by atoms with E-state index in [1.165, 1.54) is 5.56 Å². The first-order valence-corrected chi connectivity index (χ1v) is 12.9. The average molecular weight is 502 g/mol. The number of hydrogen-bond donors (Lipinski definition) is 1. The van der Waals surface area contributed by atoms with E-state index in [0.29, 0.717) is 6.54 Å². The van der Waals surface area contributed by atoms with Gasteiger partial charge in [-0.15, -0.1) is 0 Å². The summed E-state index contributed by atoms with van der Waals surface area (Å²) in [6.45, 7) is 8.63. The molecule has 0 fully saturated rings. The summed E-state index contributed by atoms with van der Waals surface area (Å²) >= 11 is 0. The highest BCUT2D eigenvalue weighted by atomic mass is 16.2. The Kier molecular flexibility index (Phi) is 5.87. The van der Waals surface area contributed by atoms with Gasteiger partial charge >= 0.3 is 6.03 Å². The third kappa shape index (κ3) is 3.98. The summed E-state index contributed by atoms with van der Waals surface area (Å²) in [6.07, 6.45) is 2.07. The van der Waals surface area contributed by atoms with Crippen LogP contribution in [0.3, 0.4) is 0 Å². The number of benzene rings is 3. The molecule has 38 heavy (non-hydrogen) atoms. The molecule has 1 N–H and O–H groups in total. The number of nitrogens with zero attached hydrogens (tertiary/aromatic N) is 4. The van der Waals surface area contributed by atoms with E-state index in [2.05, 4.69) is 78.5 Å². The molecule has 190 valence electrons. The van der Waals surface area contributed by atoms with Crippen LogP contribution >= 0.6 is 0 Å². The maximum absolute atomic E-state index is 14.1. The summed E-state index contributed by atoms with van der Waals surface area (Å²) < 4.78 is 4.19. The Hall–Kier alpha value is -4.58. The maximum Gasteiger partial charge on any atom is 0.322 e. The summed E-state index contributed by atoms with van der Waals surface area (Å²) in [5.74, 6) is 0.966. The highest BCUT2D eigenvalue weighted by molar-refractivity contribution is 5.91. The van der Waals surface area contributed by atoms with Crippen LogP contribution in [0.4, 0.5) is 10.5 Å². The summed E-state index contributed by atoms with van der Waals surface area (Å²) in [4.78, 5) is 16.1. The number of amides is 2. The van der Waals surface area contributed by atoms with E-state index >= 15 is 0 Å². The lowest BCUT2D eigenvalue weighted by molar-refractivity contribution is 0.194. The molecule has 6 rings (SSSR count). The number of rotatable bonds is 3. The molecule has 5 aromatic rings. The van der Waals surface area contributed by atoms with Crippen LogP contribution in [0.25, 0.3) is 11.5 Å². The fourth-order valence-corrected chi connectivity index (χ4v) is 5.32. The third-order valence-electron chi connectivity index (χ3n) is 7.59. The number of para-hydroxylation sites is 1. The summed E-state index contributed by atoms with van der Waals surface area (Å²) in [7, 11) is 0. The number of aromatic nitrogens is 3. The SMILES string of the molecule is Cc1ccc([C@H]2c3cccn3-c3c(c(C)nn3-c3ccccc3)CN2C(=O)Nc2cccc(C)c2C)cc1.